The molecule has 2 aromatic heterocycles. The van der Waals surface area contributed by atoms with Crippen LogP contribution in [0.3, 0.4) is 0 Å². The van der Waals surface area contributed by atoms with E-state index in [2.05, 4.69) is 20.4 Å². The van der Waals surface area contributed by atoms with Gasteiger partial charge in [0.25, 0.3) is 0 Å². The fourth-order valence-corrected chi connectivity index (χ4v) is 7.11. The number of hydrogen-bond donors (Lipinski definition) is 0. The number of aromatic nitrogens is 6. The molecule has 12 nitrogen and oxygen atoms in total. The topological polar surface area (TPSA) is 131 Å². The molecule has 15 heteroatoms. The maximum atomic E-state index is 12.4. The third kappa shape index (κ3) is 9.14. The second kappa shape index (κ2) is 17.9. The summed E-state index contributed by atoms with van der Waals surface area (Å²) in [6.07, 6.45) is 3.47. The molecule has 0 fully saturated rings. The molecule has 4 aromatic carbocycles. The molecule has 53 heavy (non-hydrogen) atoms. The number of nitrogens with zero attached hydrogens (tertiary/aromatic N) is 8. The monoisotopic (exact) mass is 764 g/mol. The fraction of sp³-hybridized carbons (Fsp3) is 0.184. The van der Waals surface area contributed by atoms with E-state index in [4.69, 9.17) is 36.0 Å². The van der Waals surface area contributed by atoms with Crippen LogP contribution in [0.1, 0.15) is 17.5 Å². The van der Waals surface area contributed by atoms with Crippen molar-refractivity contribution >= 4 is 53.5 Å². The first-order valence-electron chi connectivity index (χ1n) is 16.7. The lowest BCUT2D eigenvalue weighted by Crippen LogP contribution is -2.31. The van der Waals surface area contributed by atoms with Gasteiger partial charge < -0.3 is 14.2 Å². The van der Waals surface area contributed by atoms with Crippen LogP contribution in [0, 0.1) is 0 Å². The van der Waals surface area contributed by atoms with E-state index in [-0.39, 0.29) is 19.1 Å². The van der Waals surface area contributed by atoms with Crippen molar-refractivity contribution in [2.24, 2.45) is 10.2 Å². The van der Waals surface area contributed by atoms with Gasteiger partial charge in [-0.05, 0) is 30.7 Å². The van der Waals surface area contributed by atoms with Gasteiger partial charge in [0.15, 0.2) is 17.8 Å². The Labute approximate surface area is 319 Å². The van der Waals surface area contributed by atoms with Gasteiger partial charge in [-0.1, -0.05) is 108 Å². The summed E-state index contributed by atoms with van der Waals surface area (Å²) in [7, 11) is 0. The average Bonchev–Trinajstić information content (AvgIpc) is 3.81. The molecule has 0 aliphatic carbocycles. The molecular weight excluding hydrogens is 732 g/mol. The van der Waals surface area contributed by atoms with Crippen molar-refractivity contribution in [3.8, 4) is 34.3 Å². The van der Waals surface area contributed by atoms with Gasteiger partial charge >= 0.3 is 5.97 Å². The maximum absolute atomic E-state index is 12.4. The van der Waals surface area contributed by atoms with Crippen LogP contribution >= 0.6 is 35.1 Å². The molecule has 1 aliphatic rings. The molecule has 0 bridgehead atoms. The minimum absolute atomic E-state index is 0.00549. The summed E-state index contributed by atoms with van der Waals surface area (Å²) in [6, 6.07) is 34.5. The van der Waals surface area contributed by atoms with Crippen molar-refractivity contribution in [1.29, 1.82) is 0 Å². The standard InChI is InChI=1S/C38H33ClN8O4S2/c39-22-34(48)51-31-25-49-32-18-9-7-16-29(32)23-40-46-35(27-12-3-1-4-13-27)42-44-37(46)52-20-11-21-53-38-45-43-36(28-14-5-2-6-15-28)47(38)41-24-30-17-8-10-19-33(30)50-26-31/h1-10,12-19,23-24,31H,11,20-22,25-26H2/b40-23+,41-24+. The second-order valence-corrected chi connectivity index (χ2v) is 13.8. The molecule has 268 valence electrons. The Bertz CT molecular complexity index is 2050. The van der Waals surface area contributed by atoms with E-state index in [9.17, 15) is 4.79 Å². The Hall–Kier alpha value is -5.44. The van der Waals surface area contributed by atoms with E-state index in [1.54, 1.807) is 45.3 Å². The number of hydrogen-bond acceptors (Lipinski definition) is 12. The van der Waals surface area contributed by atoms with Crippen LogP contribution in [-0.2, 0) is 9.53 Å². The SMILES string of the molecule is O=C(CCl)OC1COc2ccccc2/C=N/n2c(nnc2-c2ccccc2)SCCCSc2nnc(-c3ccccc3)n2/N=C/c2ccccc2OC1. The Morgan fingerprint density at radius 1 is 0.660 bits per heavy atom. The molecule has 0 unspecified atom stereocenters. The summed E-state index contributed by atoms with van der Waals surface area (Å²) in [4.78, 5) is 12.4. The third-order valence-corrected chi connectivity index (χ3v) is 9.99. The zero-order valence-electron chi connectivity index (χ0n) is 28.3. The molecule has 1 aliphatic heterocycles. The van der Waals surface area contributed by atoms with Gasteiger partial charge in [0.05, 0.1) is 12.4 Å². The van der Waals surface area contributed by atoms with Crippen LogP contribution < -0.4 is 9.47 Å². The summed E-state index contributed by atoms with van der Waals surface area (Å²) in [5.41, 5.74) is 3.17. The van der Waals surface area contributed by atoms with Crippen molar-refractivity contribution in [1.82, 2.24) is 29.7 Å². The van der Waals surface area contributed by atoms with Crippen molar-refractivity contribution in [2.75, 3.05) is 30.6 Å². The number of benzene rings is 4. The number of thioether (sulfide) groups is 2. The van der Waals surface area contributed by atoms with E-state index < -0.39 is 12.1 Å². The van der Waals surface area contributed by atoms with Gasteiger partial charge in [-0.25, -0.2) is 0 Å². The number of rotatable bonds is 4. The van der Waals surface area contributed by atoms with Gasteiger partial charge in [0.2, 0.25) is 10.3 Å². The van der Waals surface area contributed by atoms with Crippen molar-refractivity contribution < 1.29 is 19.0 Å². The molecule has 0 spiro atoms. The van der Waals surface area contributed by atoms with Gasteiger partial charge in [0, 0.05) is 33.8 Å². The minimum atomic E-state index is -0.787. The number of fused-ring (bicyclic) bond motifs is 4. The number of para-hydroxylation sites is 2. The number of esters is 1. The Kier molecular flexibility index (Phi) is 12.1. The highest BCUT2D eigenvalue weighted by atomic mass is 35.5. The van der Waals surface area contributed by atoms with Crippen LogP contribution in [0.2, 0.25) is 0 Å². The van der Waals surface area contributed by atoms with Gasteiger partial charge in [-0.2, -0.15) is 19.6 Å². The van der Waals surface area contributed by atoms with E-state index in [1.807, 2.05) is 109 Å². The van der Waals surface area contributed by atoms with Crippen LogP contribution in [0.5, 0.6) is 11.5 Å². The summed E-state index contributed by atoms with van der Waals surface area (Å²) in [6.45, 7) is -0.0110. The first-order valence-corrected chi connectivity index (χ1v) is 19.2. The molecule has 3 heterocycles. The largest absolute Gasteiger partial charge is 0.489 e. The third-order valence-electron chi connectivity index (χ3n) is 7.76. The van der Waals surface area contributed by atoms with Gasteiger partial charge in [-0.3, -0.25) is 4.79 Å². The fourth-order valence-electron chi connectivity index (χ4n) is 5.22. The number of alkyl halides is 1. The van der Waals surface area contributed by atoms with E-state index in [1.165, 1.54) is 0 Å². The predicted molar refractivity (Wildman–Crippen MR) is 207 cm³/mol. The molecule has 7 rings (SSSR count). The van der Waals surface area contributed by atoms with Crippen LogP contribution in [0.25, 0.3) is 22.8 Å². The lowest BCUT2D eigenvalue weighted by Gasteiger charge is -2.20. The van der Waals surface area contributed by atoms with E-state index in [0.29, 0.717) is 44.6 Å². The number of halogens is 1. The summed E-state index contributed by atoms with van der Waals surface area (Å²) in [5.74, 6) is 2.90. The van der Waals surface area contributed by atoms with Crippen LogP contribution in [0.15, 0.2) is 130 Å². The average molecular weight is 765 g/mol. The molecule has 0 radical (unpaired) electrons. The van der Waals surface area contributed by atoms with Crippen LogP contribution in [0.4, 0.5) is 0 Å². The smallest absolute Gasteiger partial charge is 0.321 e. The number of carbonyl (C=O) groups excluding carboxylic acids is 1. The molecule has 0 amide bonds. The molecule has 6 aromatic rings. The zero-order chi connectivity index (χ0) is 36.2. The summed E-state index contributed by atoms with van der Waals surface area (Å²) in [5, 5.41) is 29.0. The van der Waals surface area contributed by atoms with Crippen LogP contribution in [-0.4, -0.2) is 84.8 Å². The van der Waals surface area contributed by atoms with E-state index in [0.717, 1.165) is 29.1 Å². The molecule has 0 saturated heterocycles. The lowest BCUT2D eigenvalue weighted by molar-refractivity contribution is -0.149. The summed E-state index contributed by atoms with van der Waals surface area (Å²) < 4.78 is 21.6. The number of carbonyl (C=O) groups is 1. The normalized spacial score (nSPS) is 15.4. The van der Waals surface area contributed by atoms with E-state index >= 15 is 0 Å². The Balaban J connectivity index is 1.24. The minimum Gasteiger partial charge on any atom is -0.489 e. The zero-order valence-corrected chi connectivity index (χ0v) is 30.7. The Morgan fingerprint density at radius 2 is 1.11 bits per heavy atom. The van der Waals surface area contributed by atoms with Crippen molar-refractivity contribution in [3.63, 3.8) is 0 Å². The van der Waals surface area contributed by atoms with Crippen molar-refractivity contribution in [2.45, 2.75) is 22.8 Å². The lowest BCUT2D eigenvalue weighted by atomic mass is 10.2. The highest BCUT2D eigenvalue weighted by Crippen LogP contribution is 2.28. The molecule has 0 saturated carbocycles. The maximum Gasteiger partial charge on any atom is 0.321 e. The first-order chi connectivity index (χ1) is 26.2. The van der Waals surface area contributed by atoms with Gasteiger partial charge in [0.1, 0.15) is 30.6 Å². The Morgan fingerprint density at radius 3 is 1.58 bits per heavy atom. The second-order valence-electron chi connectivity index (χ2n) is 11.5. The molecular formula is C38H33ClN8O4S2. The quantitative estimate of drug-likeness (QED) is 0.135. The molecule has 0 N–H and O–H groups in total. The van der Waals surface area contributed by atoms with Gasteiger partial charge in [-0.15, -0.1) is 32.0 Å². The van der Waals surface area contributed by atoms with Crippen molar-refractivity contribution in [3.05, 3.63) is 120 Å². The highest BCUT2D eigenvalue weighted by molar-refractivity contribution is 8.00. The predicted octanol–water partition coefficient (Wildman–Crippen LogP) is 7.16. The first kappa shape index (κ1) is 35.9. The summed E-state index contributed by atoms with van der Waals surface area (Å²) >= 11 is 8.95. The number of ether oxygens (including phenoxy) is 3. The highest BCUT2D eigenvalue weighted by Gasteiger charge is 2.20. The molecule has 0 atom stereocenters.